The molecule has 1 fully saturated rings. The maximum absolute atomic E-state index is 11.6. The minimum atomic E-state index is -0.895. The molecule has 5 nitrogen and oxygen atoms in total. The Morgan fingerprint density at radius 3 is 3.18 bits per heavy atom. The molecule has 6 heteroatoms. The van der Waals surface area contributed by atoms with Gasteiger partial charge < -0.3 is 15.2 Å². The van der Waals surface area contributed by atoms with Gasteiger partial charge in [0.15, 0.2) is 0 Å². The number of hydrogen-bond acceptors (Lipinski definition) is 5. The highest BCUT2D eigenvalue weighted by molar-refractivity contribution is 7.09. The van der Waals surface area contributed by atoms with Crippen molar-refractivity contribution in [1.29, 1.82) is 0 Å². The number of rotatable bonds is 4. The van der Waals surface area contributed by atoms with Crippen molar-refractivity contribution < 1.29 is 14.6 Å². The minimum Gasteiger partial charge on any atom is -0.386 e. The molecule has 94 valence electrons. The van der Waals surface area contributed by atoms with Crippen LogP contribution in [0.1, 0.15) is 17.1 Å². The number of hydrogen-bond donors (Lipinski definition) is 2. The Labute approximate surface area is 104 Å². The third-order valence-corrected chi connectivity index (χ3v) is 3.53. The normalized spacial score (nSPS) is 23.9. The van der Waals surface area contributed by atoms with Crippen LogP contribution in [0.2, 0.25) is 0 Å². The van der Waals surface area contributed by atoms with Gasteiger partial charge in [0.05, 0.1) is 23.7 Å². The summed E-state index contributed by atoms with van der Waals surface area (Å²) in [6, 6.07) is 0. The van der Waals surface area contributed by atoms with Crippen LogP contribution in [0.3, 0.4) is 0 Å². The summed E-state index contributed by atoms with van der Waals surface area (Å²) in [7, 11) is 0. The van der Waals surface area contributed by atoms with Crippen molar-refractivity contribution in [3.8, 4) is 0 Å². The van der Waals surface area contributed by atoms with Crippen LogP contribution < -0.4 is 5.32 Å². The molecule has 1 aromatic heterocycles. The van der Waals surface area contributed by atoms with E-state index in [0.717, 1.165) is 10.7 Å². The van der Waals surface area contributed by atoms with Gasteiger partial charge in [0, 0.05) is 25.0 Å². The van der Waals surface area contributed by atoms with Gasteiger partial charge in [-0.15, -0.1) is 11.3 Å². The summed E-state index contributed by atoms with van der Waals surface area (Å²) in [5.74, 6) is -0.115. The van der Waals surface area contributed by atoms with Crippen molar-refractivity contribution in [3.05, 3.63) is 16.1 Å². The van der Waals surface area contributed by atoms with Gasteiger partial charge >= 0.3 is 0 Å². The lowest BCUT2D eigenvalue weighted by Crippen LogP contribution is -2.43. The number of carbonyl (C=O) groups excluding carboxylic acids is 1. The van der Waals surface area contributed by atoms with E-state index in [0.29, 0.717) is 19.6 Å². The number of aromatic nitrogens is 1. The first-order valence-corrected chi connectivity index (χ1v) is 6.43. The lowest BCUT2D eigenvalue weighted by atomic mass is 10.0. The van der Waals surface area contributed by atoms with E-state index in [1.165, 1.54) is 11.3 Å². The highest BCUT2D eigenvalue weighted by Gasteiger charge is 2.32. The van der Waals surface area contributed by atoms with E-state index in [-0.39, 0.29) is 18.9 Å². The number of aryl methyl sites for hydroxylation is 1. The largest absolute Gasteiger partial charge is 0.386 e. The van der Waals surface area contributed by atoms with Gasteiger partial charge in [-0.3, -0.25) is 4.79 Å². The number of carbonyl (C=O) groups is 1. The van der Waals surface area contributed by atoms with Crippen molar-refractivity contribution in [2.75, 3.05) is 19.8 Å². The molecule has 1 saturated heterocycles. The van der Waals surface area contributed by atoms with Crippen LogP contribution in [-0.2, 0) is 16.0 Å². The predicted molar refractivity (Wildman–Crippen MR) is 64.0 cm³/mol. The van der Waals surface area contributed by atoms with E-state index < -0.39 is 5.60 Å². The number of aliphatic hydroxyl groups is 1. The fourth-order valence-electron chi connectivity index (χ4n) is 1.72. The number of amides is 1. The summed E-state index contributed by atoms with van der Waals surface area (Å²) in [4.78, 5) is 15.8. The third-order valence-electron chi connectivity index (χ3n) is 2.71. The number of nitrogens with one attached hydrogen (secondary N) is 1. The Bertz CT molecular complexity index is 399. The fourth-order valence-corrected chi connectivity index (χ4v) is 2.33. The second kappa shape index (κ2) is 5.12. The fraction of sp³-hybridized carbons (Fsp3) is 0.636. The van der Waals surface area contributed by atoms with Gasteiger partial charge in [0.2, 0.25) is 5.91 Å². The Balaban J connectivity index is 1.77. The van der Waals surface area contributed by atoms with E-state index in [1.807, 2.05) is 12.3 Å². The predicted octanol–water partition coefficient (Wildman–Crippen LogP) is 0.262. The molecular formula is C11H16N2O3S. The molecule has 0 aliphatic carbocycles. The van der Waals surface area contributed by atoms with Crippen LogP contribution in [0.5, 0.6) is 0 Å². The molecule has 0 spiro atoms. The molecule has 2 heterocycles. The van der Waals surface area contributed by atoms with Crippen molar-refractivity contribution >= 4 is 17.2 Å². The van der Waals surface area contributed by atoms with E-state index >= 15 is 0 Å². The second-order valence-corrected chi connectivity index (χ2v) is 5.40. The van der Waals surface area contributed by atoms with Gasteiger partial charge in [0.25, 0.3) is 0 Å². The molecule has 2 N–H and O–H groups in total. The first kappa shape index (κ1) is 12.5. The van der Waals surface area contributed by atoms with Crippen LogP contribution in [0.25, 0.3) is 0 Å². The lowest BCUT2D eigenvalue weighted by Gasteiger charge is -2.20. The first-order chi connectivity index (χ1) is 8.07. The van der Waals surface area contributed by atoms with Gasteiger partial charge in [-0.05, 0) is 6.92 Å². The van der Waals surface area contributed by atoms with Gasteiger partial charge in [-0.2, -0.15) is 0 Å². The maximum atomic E-state index is 11.6. The van der Waals surface area contributed by atoms with Crippen molar-refractivity contribution in [1.82, 2.24) is 10.3 Å². The molecule has 1 atom stereocenters. The second-order valence-electron chi connectivity index (χ2n) is 4.34. The summed E-state index contributed by atoms with van der Waals surface area (Å²) in [5, 5.41) is 15.5. The minimum absolute atomic E-state index is 0.115. The van der Waals surface area contributed by atoms with E-state index in [1.54, 1.807) is 0 Å². The quantitative estimate of drug-likeness (QED) is 0.810. The third kappa shape index (κ3) is 3.49. The molecule has 0 radical (unpaired) electrons. The molecule has 2 rings (SSSR count). The van der Waals surface area contributed by atoms with Gasteiger partial charge in [0.1, 0.15) is 5.60 Å². The topological polar surface area (TPSA) is 71.5 Å². The zero-order valence-corrected chi connectivity index (χ0v) is 10.5. The average molecular weight is 256 g/mol. The summed E-state index contributed by atoms with van der Waals surface area (Å²) in [6.07, 6.45) is 0.838. The standard InChI is InChI=1S/C11H16N2O3S/c1-8-13-9(5-17-8)4-10(14)12-6-11(15)2-3-16-7-11/h5,15H,2-4,6-7H2,1H3,(H,12,14). The van der Waals surface area contributed by atoms with Crippen LogP contribution >= 0.6 is 11.3 Å². The van der Waals surface area contributed by atoms with E-state index in [4.69, 9.17) is 4.74 Å². The van der Waals surface area contributed by atoms with Crippen LogP contribution in [0.15, 0.2) is 5.38 Å². The number of ether oxygens (including phenoxy) is 1. The molecule has 1 aliphatic heterocycles. The molecule has 0 bridgehead atoms. The van der Waals surface area contributed by atoms with Crippen molar-refractivity contribution in [2.24, 2.45) is 0 Å². The van der Waals surface area contributed by atoms with E-state index in [9.17, 15) is 9.90 Å². The van der Waals surface area contributed by atoms with Gasteiger partial charge in [-0.1, -0.05) is 0 Å². The molecule has 1 unspecified atom stereocenters. The molecule has 0 aromatic carbocycles. The summed E-state index contributed by atoms with van der Waals surface area (Å²) < 4.78 is 5.10. The zero-order chi connectivity index (χ0) is 12.3. The van der Waals surface area contributed by atoms with Crippen molar-refractivity contribution in [2.45, 2.75) is 25.4 Å². The molecule has 1 aliphatic rings. The summed E-state index contributed by atoms with van der Waals surface area (Å²) in [6.45, 7) is 3.00. The highest BCUT2D eigenvalue weighted by atomic mass is 32.1. The smallest absolute Gasteiger partial charge is 0.226 e. The monoisotopic (exact) mass is 256 g/mol. The molecule has 1 aromatic rings. The highest BCUT2D eigenvalue weighted by Crippen LogP contribution is 2.17. The number of nitrogens with zero attached hydrogens (tertiary/aromatic N) is 1. The summed E-state index contributed by atoms with van der Waals surface area (Å²) >= 11 is 1.53. The zero-order valence-electron chi connectivity index (χ0n) is 9.73. The SMILES string of the molecule is Cc1nc(CC(=O)NCC2(O)CCOC2)cs1. The van der Waals surface area contributed by atoms with Crippen molar-refractivity contribution in [3.63, 3.8) is 0 Å². The van der Waals surface area contributed by atoms with Crippen LogP contribution in [0, 0.1) is 6.92 Å². The first-order valence-electron chi connectivity index (χ1n) is 5.55. The number of thiazole rings is 1. The Morgan fingerprint density at radius 1 is 1.76 bits per heavy atom. The van der Waals surface area contributed by atoms with Gasteiger partial charge in [-0.25, -0.2) is 4.98 Å². The van der Waals surface area contributed by atoms with E-state index in [2.05, 4.69) is 10.3 Å². The molecule has 1 amide bonds. The van der Waals surface area contributed by atoms with Crippen LogP contribution in [-0.4, -0.2) is 41.4 Å². The molecule has 0 saturated carbocycles. The van der Waals surface area contributed by atoms with Crippen LogP contribution in [0.4, 0.5) is 0 Å². The lowest BCUT2D eigenvalue weighted by molar-refractivity contribution is -0.121. The summed E-state index contributed by atoms with van der Waals surface area (Å²) in [5.41, 5.74) is -0.118. The Hall–Kier alpha value is -0.980. The molecule has 17 heavy (non-hydrogen) atoms. The Morgan fingerprint density at radius 2 is 2.59 bits per heavy atom. The molecular weight excluding hydrogens is 240 g/mol. The maximum Gasteiger partial charge on any atom is 0.226 e. The average Bonchev–Trinajstić information content (AvgIpc) is 2.86. The Kier molecular flexibility index (Phi) is 3.76.